The van der Waals surface area contributed by atoms with Crippen LogP contribution < -0.4 is 16.0 Å². The van der Waals surface area contributed by atoms with Gasteiger partial charge in [0.2, 0.25) is 11.8 Å². The Morgan fingerprint density at radius 3 is 2.28 bits per heavy atom. The van der Waals surface area contributed by atoms with Gasteiger partial charge < -0.3 is 20.9 Å². The molecular weight excluding hydrogens is 368 g/mol. The molecule has 2 rings (SSSR count). The maximum atomic E-state index is 12.1. The minimum absolute atomic E-state index is 0.0805. The van der Waals surface area contributed by atoms with Gasteiger partial charge in [-0.05, 0) is 44.6 Å². The first-order valence-electron chi connectivity index (χ1n) is 10.5. The van der Waals surface area contributed by atoms with Gasteiger partial charge in [0.25, 0.3) is 5.91 Å². The summed E-state index contributed by atoms with van der Waals surface area (Å²) < 4.78 is 0. The van der Waals surface area contributed by atoms with Gasteiger partial charge in [-0.3, -0.25) is 14.4 Å². The lowest BCUT2D eigenvalue weighted by Crippen LogP contribution is -2.35. The summed E-state index contributed by atoms with van der Waals surface area (Å²) >= 11 is 0. The fraction of sp³-hybridized carbons (Fsp3) is 0.591. The van der Waals surface area contributed by atoms with E-state index >= 15 is 0 Å². The number of likely N-dealkylation sites (N-methyl/N-ethyl adjacent to an activating group) is 1. The van der Waals surface area contributed by atoms with E-state index in [1.165, 1.54) is 6.42 Å². The van der Waals surface area contributed by atoms with E-state index in [-0.39, 0.29) is 30.1 Å². The average molecular weight is 403 g/mol. The highest BCUT2D eigenvalue weighted by Crippen LogP contribution is 2.23. The van der Waals surface area contributed by atoms with E-state index in [0.717, 1.165) is 37.8 Å². The predicted octanol–water partition coefficient (Wildman–Crippen LogP) is 1.68. The molecule has 7 heteroatoms. The van der Waals surface area contributed by atoms with Crippen LogP contribution in [-0.4, -0.2) is 56.4 Å². The summed E-state index contributed by atoms with van der Waals surface area (Å²) in [6.45, 7) is 2.16. The second-order valence-electron chi connectivity index (χ2n) is 7.91. The van der Waals surface area contributed by atoms with Crippen molar-refractivity contribution < 1.29 is 14.4 Å². The number of hydrogen-bond donors (Lipinski definition) is 3. The molecule has 0 spiro atoms. The third kappa shape index (κ3) is 8.64. The van der Waals surface area contributed by atoms with Crippen molar-refractivity contribution >= 4 is 17.7 Å². The first kappa shape index (κ1) is 22.9. The van der Waals surface area contributed by atoms with Crippen LogP contribution in [0.25, 0.3) is 0 Å². The normalized spacial score (nSPS) is 14.4. The lowest BCUT2D eigenvalue weighted by atomic mass is 9.89. The lowest BCUT2D eigenvalue weighted by Gasteiger charge is -2.20. The van der Waals surface area contributed by atoms with Crippen LogP contribution in [0.4, 0.5) is 0 Å². The molecule has 0 aromatic heterocycles. The van der Waals surface area contributed by atoms with E-state index in [1.54, 1.807) is 12.1 Å². The van der Waals surface area contributed by atoms with Gasteiger partial charge in [-0.2, -0.15) is 0 Å². The van der Waals surface area contributed by atoms with Crippen molar-refractivity contribution in [3.8, 4) is 0 Å². The number of carbonyl (C=O) groups is 3. The molecule has 7 nitrogen and oxygen atoms in total. The Balaban J connectivity index is 1.64. The van der Waals surface area contributed by atoms with Crippen LogP contribution in [0, 0.1) is 5.92 Å². The third-order valence-corrected chi connectivity index (χ3v) is 5.18. The average Bonchev–Trinajstić information content (AvgIpc) is 2.73. The maximum absolute atomic E-state index is 12.1. The van der Waals surface area contributed by atoms with Crippen LogP contribution in [0.5, 0.6) is 0 Å². The molecule has 3 amide bonds. The van der Waals surface area contributed by atoms with E-state index < -0.39 is 0 Å². The molecule has 0 unspecified atom stereocenters. The van der Waals surface area contributed by atoms with Crippen molar-refractivity contribution in [3.63, 3.8) is 0 Å². The minimum atomic E-state index is -0.101. The highest BCUT2D eigenvalue weighted by Gasteiger charge is 2.20. The first-order valence-corrected chi connectivity index (χ1v) is 10.5. The quantitative estimate of drug-likeness (QED) is 0.555. The second-order valence-corrected chi connectivity index (χ2v) is 7.91. The molecule has 29 heavy (non-hydrogen) atoms. The molecule has 0 bridgehead atoms. The summed E-state index contributed by atoms with van der Waals surface area (Å²) in [6, 6.07) is 7.20. The Hall–Kier alpha value is -2.41. The highest BCUT2D eigenvalue weighted by atomic mass is 16.2. The van der Waals surface area contributed by atoms with Crippen molar-refractivity contribution in [3.05, 3.63) is 35.4 Å². The molecular formula is C22H34N4O3. The Labute approximate surface area is 173 Å². The molecule has 3 N–H and O–H groups in total. The molecule has 160 valence electrons. The van der Waals surface area contributed by atoms with E-state index in [9.17, 15) is 14.4 Å². The zero-order valence-electron chi connectivity index (χ0n) is 17.6. The largest absolute Gasteiger partial charge is 0.355 e. The first-order chi connectivity index (χ1) is 14.0. The van der Waals surface area contributed by atoms with Crippen LogP contribution in [-0.2, 0) is 16.1 Å². The van der Waals surface area contributed by atoms with E-state index in [4.69, 9.17) is 0 Å². The number of nitrogens with zero attached hydrogens (tertiary/aromatic N) is 1. The van der Waals surface area contributed by atoms with Crippen LogP contribution in [0.3, 0.4) is 0 Å². The van der Waals surface area contributed by atoms with Crippen molar-refractivity contribution in [2.24, 2.45) is 5.92 Å². The molecule has 0 heterocycles. The molecule has 0 radical (unpaired) electrons. The minimum Gasteiger partial charge on any atom is -0.355 e. The second kappa shape index (κ2) is 12.2. The van der Waals surface area contributed by atoms with Gasteiger partial charge in [0.1, 0.15) is 0 Å². The van der Waals surface area contributed by atoms with Crippen molar-refractivity contribution in [1.29, 1.82) is 0 Å². The molecule has 0 saturated heterocycles. The van der Waals surface area contributed by atoms with Gasteiger partial charge in [0.05, 0.1) is 0 Å². The van der Waals surface area contributed by atoms with Crippen LogP contribution >= 0.6 is 0 Å². The van der Waals surface area contributed by atoms with Gasteiger partial charge in [0.15, 0.2) is 0 Å². The summed E-state index contributed by atoms with van der Waals surface area (Å²) in [5.41, 5.74) is 1.53. The molecule has 1 fully saturated rings. The molecule has 1 aliphatic carbocycles. The van der Waals surface area contributed by atoms with Crippen LogP contribution in [0.15, 0.2) is 24.3 Å². The van der Waals surface area contributed by atoms with Gasteiger partial charge in [-0.25, -0.2) is 0 Å². The van der Waals surface area contributed by atoms with E-state index in [1.807, 2.05) is 31.1 Å². The predicted molar refractivity (Wildman–Crippen MR) is 113 cm³/mol. The number of hydrogen-bond acceptors (Lipinski definition) is 4. The van der Waals surface area contributed by atoms with Crippen LogP contribution in [0.2, 0.25) is 0 Å². The van der Waals surface area contributed by atoms with Gasteiger partial charge >= 0.3 is 0 Å². The van der Waals surface area contributed by atoms with Gasteiger partial charge in [-0.15, -0.1) is 0 Å². The molecule has 0 aliphatic heterocycles. The standard InChI is InChI=1S/C22H34N4O3/c1-26(2)15-14-24-22(29)19-10-8-17(9-11-19)16-25-20(27)12-13-23-21(28)18-6-4-3-5-7-18/h8-11,18H,3-7,12-16H2,1-2H3,(H,23,28)(H,24,29)(H,25,27). The fourth-order valence-electron chi connectivity index (χ4n) is 3.37. The number of nitrogens with one attached hydrogen (secondary N) is 3. The van der Waals surface area contributed by atoms with Crippen molar-refractivity contribution in [2.45, 2.75) is 45.1 Å². The Bertz CT molecular complexity index is 667. The molecule has 1 saturated carbocycles. The number of rotatable bonds is 10. The Morgan fingerprint density at radius 1 is 0.931 bits per heavy atom. The summed E-state index contributed by atoms with van der Waals surface area (Å²) in [6.07, 6.45) is 5.65. The topological polar surface area (TPSA) is 90.5 Å². The summed E-state index contributed by atoms with van der Waals surface area (Å²) in [5.74, 6) is -0.00190. The summed E-state index contributed by atoms with van der Waals surface area (Å²) in [7, 11) is 3.92. The number of amides is 3. The molecule has 1 aromatic carbocycles. The smallest absolute Gasteiger partial charge is 0.251 e. The van der Waals surface area contributed by atoms with Crippen molar-refractivity contribution in [2.75, 3.05) is 33.7 Å². The highest BCUT2D eigenvalue weighted by molar-refractivity contribution is 5.94. The SMILES string of the molecule is CN(C)CCNC(=O)c1ccc(CNC(=O)CCNC(=O)C2CCCCC2)cc1. The molecule has 1 aliphatic rings. The molecule has 0 atom stereocenters. The number of carbonyl (C=O) groups excluding carboxylic acids is 3. The van der Waals surface area contributed by atoms with E-state index in [0.29, 0.717) is 25.2 Å². The summed E-state index contributed by atoms with van der Waals surface area (Å²) in [5, 5.41) is 8.60. The van der Waals surface area contributed by atoms with Gasteiger partial charge in [0, 0.05) is 44.1 Å². The fourth-order valence-corrected chi connectivity index (χ4v) is 3.37. The third-order valence-electron chi connectivity index (χ3n) is 5.18. The van der Waals surface area contributed by atoms with Gasteiger partial charge in [-0.1, -0.05) is 31.4 Å². The molecule has 1 aromatic rings. The summed E-state index contributed by atoms with van der Waals surface area (Å²) in [4.78, 5) is 38.1. The Kier molecular flexibility index (Phi) is 9.64. The zero-order valence-corrected chi connectivity index (χ0v) is 17.6. The Morgan fingerprint density at radius 2 is 1.62 bits per heavy atom. The zero-order chi connectivity index (χ0) is 21.1. The maximum Gasteiger partial charge on any atom is 0.251 e. The number of benzene rings is 1. The van der Waals surface area contributed by atoms with Crippen LogP contribution in [0.1, 0.15) is 54.4 Å². The van der Waals surface area contributed by atoms with E-state index in [2.05, 4.69) is 16.0 Å². The van der Waals surface area contributed by atoms with Crippen molar-refractivity contribution in [1.82, 2.24) is 20.9 Å². The monoisotopic (exact) mass is 402 g/mol. The lowest BCUT2D eigenvalue weighted by molar-refractivity contribution is -0.126.